The summed E-state index contributed by atoms with van der Waals surface area (Å²) < 4.78 is 38.4. The summed E-state index contributed by atoms with van der Waals surface area (Å²) in [6.45, 7) is 4.02. The average molecular weight is 274 g/mol. The van der Waals surface area contributed by atoms with Crippen LogP contribution in [0, 0.1) is 0 Å². The Balaban J connectivity index is 3.13. The van der Waals surface area contributed by atoms with Gasteiger partial charge in [-0.2, -0.15) is 13.2 Å². The lowest BCUT2D eigenvalue weighted by Gasteiger charge is -2.29. The fourth-order valence-corrected chi connectivity index (χ4v) is 2.29. The molecule has 5 heteroatoms. The van der Waals surface area contributed by atoms with Gasteiger partial charge in [0, 0.05) is 25.3 Å². The SMILES string of the molecule is CCC(CC)N(C)c1ccc(C(F)(F)F)c(CN)c1. The number of hydrogen-bond donors (Lipinski definition) is 1. The van der Waals surface area contributed by atoms with E-state index in [0.717, 1.165) is 24.6 Å². The van der Waals surface area contributed by atoms with Gasteiger partial charge in [0.15, 0.2) is 0 Å². The summed E-state index contributed by atoms with van der Waals surface area (Å²) in [5.41, 5.74) is 5.72. The molecule has 0 heterocycles. The maximum atomic E-state index is 12.8. The number of rotatable bonds is 5. The summed E-state index contributed by atoms with van der Waals surface area (Å²) in [4.78, 5) is 2.01. The van der Waals surface area contributed by atoms with E-state index in [2.05, 4.69) is 13.8 Å². The summed E-state index contributed by atoms with van der Waals surface area (Å²) in [7, 11) is 1.90. The number of hydrogen-bond acceptors (Lipinski definition) is 2. The van der Waals surface area contributed by atoms with E-state index in [-0.39, 0.29) is 12.1 Å². The first-order valence-corrected chi connectivity index (χ1v) is 6.48. The molecule has 2 N–H and O–H groups in total. The Bertz CT molecular complexity index is 412. The topological polar surface area (TPSA) is 29.3 Å². The van der Waals surface area contributed by atoms with Crippen molar-refractivity contribution >= 4 is 5.69 Å². The molecule has 1 aromatic carbocycles. The van der Waals surface area contributed by atoms with Crippen LogP contribution in [-0.4, -0.2) is 13.1 Å². The molecule has 0 saturated carbocycles. The van der Waals surface area contributed by atoms with Gasteiger partial charge in [-0.15, -0.1) is 0 Å². The van der Waals surface area contributed by atoms with E-state index in [1.807, 2.05) is 11.9 Å². The summed E-state index contributed by atoms with van der Waals surface area (Å²) in [5.74, 6) is 0. The third-order valence-corrected chi connectivity index (χ3v) is 3.51. The molecule has 0 fully saturated rings. The lowest BCUT2D eigenvalue weighted by atomic mass is 10.0. The van der Waals surface area contributed by atoms with Crippen molar-refractivity contribution in [2.45, 2.75) is 45.5 Å². The van der Waals surface area contributed by atoms with Gasteiger partial charge in [0.2, 0.25) is 0 Å². The third kappa shape index (κ3) is 3.62. The van der Waals surface area contributed by atoms with Crippen molar-refractivity contribution in [3.8, 4) is 0 Å². The maximum Gasteiger partial charge on any atom is 0.416 e. The monoisotopic (exact) mass is 274 g/mol. The number of benzene rings is 1. The summed E-state index contributed by atoms with van der Waals surface area (Å²) >= 11 is 0. The number of halogens is 3. The zero-order valence-electron chi connectivity index (χ0n) is 11.6. The van der Waals surface area contributed by atoms with Crippen molar-refractivity contribution in [1.29, 1.82) is 0 Å². The molecule has 0 aliphatic carbocycles. The molecule has 0 aliphatic rings. The van der Waals surface area contributed by atoms with Gasteiger partial charge in [-0.05, 0) is 36.6 Å². The van der Waals surface area contributed by atoms with Crippen LogP contribution in [0.1, 0.15) is 37.8 Å². The van der Waals surface area contributed by atoms with E-state index in [9.17, 15) is 13.2 Å². The summed E-state index contributed by atoms with van der Waals surface area (Å²) in [5, 5.41) is 0. The summed E-state index contributed by atoms with van der Waals surface area (Å²) in [6.07, 6.45) is -2.45. The van der Waals surface area contributed by atoms with E-state index >= 15 is 0 Å². The van der Waals surface area contributed by atoms with Gasteiger partial charge in [0.25, 0.3) is 0 Å². The highest BCUT2D eigenvalue weighted by atomic mass is 19.4. The van der Waals surface area contributed by atoms with Gasteiger partial charge in [-0.3, -0.25) is 0 Å². The molecule has 108 valence electrons. The molecule has 0 aliphatic heterocycles. The molecule has 0 aromatic heterocycles. The van der Waals surface area contributed by atoms with E-state index in [1.54, 1.807) is 6.07 Å². The van der Waals surface area contributed by atoms with Crippen LogP contribution in [0.15, 0.2) is 18.2 Å². The van der Waals surface area contributed by atoms with E-state index in [1.165, 1.54) is 6.07 Å². The Labute approximate surface area is 112 Å². The highest BCUT2D eigenvalue weighted by Gasteiger charge is 2.33. The normalized spacial score (nSPS) is 12.0. The molecule has 1 rings (SSSR count). The standard InChI is InChI=1S/C14H21F3N2/c1-4-11(5-2)19(3)12-6-7-13(14(15,16)17)10(8-12)9-18/h6-8,11H,4-5,9,18H2,1-3H3. The Hall–Kier alpha value is -1.23. The van der Waals surface area contributed by atoms with Gasteiger partial charge in [0.05, 0.1) is 5.56 Å². The molecular weight excluding hydrogens is 253 g/mol. The van der Waals surface area contributed by atoms with Gasteiger partial charge >= 0.3 is 6.18 Å². The van der Waals surface area contributed by atoms with Gasteiger partial charge in [-0.1, -0.05) is 13.8 Å². The lowest BCUT2D eigenvalue weighted by molar-refractivity contribution is -0.138. The second-order valence-electron chi connectivity index (χ2n) is 4.62. The molecule has 19 heavy (non-hydrogen) atoms. The minimum atomic E-state index is -4.35. The minimum absolute atomic E-state index is 0.112. The first-order valence-electron chi connectivity index (χ1n) is 6.48. The Kier molecular flexibility index (Phi) is 5.23. The van der Waals surface area contributed by atoms with Crippen LogP contribution in [0.25, 0.3) is 0 Å². The van der Waals surface area contributed by atoms with Crippen LogP contribution in [0.2, 0.25) is 0 Å². The first kappa shape index (κ1) is 15.8. The molecule has 1 aromatic rings. The van der Waals surface area contributed by atoms with Crippen LogP contribution >= 0.6 is 0 Å². The van der Waals surface area contributed by atoms with Crippen molar-refractivity contribution in [3.05, 3.63) is 29.3 Å². The highest BCUT2D eigenvalue weighted by molar-refractivity contribution is 5.52. The number of nitrogens with zero attached hydrogens (tertiary/aromatic N) is 1. The van der Waals surface area contributed by atoms with E-state index < -0.39 is 11.7 Å². The lowest BCUT2D eigenvalue weighted by Crippen LogP contribution is -2.30. The quantitative estimate of drug-likeness (QED) is 0.885. The van der Waals surface area contributed by atoms with Gasteiger partial charge in [-0.25, -0.2) is 0 Å². The first-order chi connectivity index (χ1) is 8.85. The average Bonchev–Trinajstić information content (AvgIpc) is 2.38. The molecule has 2 nitrogen and oxygen atoms in total. The van der Waals surface area contributed by atoms with Crippen LogP contribution in [0.5, 0.6) is 0 Å². The molecule has 0 amide bonds. The van der Waals surface area contributed by atoms with Crippen LogP contribution < -0.4 is 10.6 Å². The van der Waals surface area contributed by atoms with Gasteiger partial charge < -0.3 is 10.6 Å². The second-order valence-corrected chi connectivity index (χ2v) is 4.62. The van der Waals surface area contributed by atoms with Crippen molar-refractivity contribution < 1.29 is 13.2 Å². The number of anilines is 1. The predicted octanol–water partition coefficient (Wildman–Crippen LogP) is 3.79. The predicted molar refractivity (Wildman–Crippen MR) is 72.1 cm³/mol. The fraction of sp³-hybridized carbons (Fsp3) is 0.571. The fourth-order valence-electron chi connectivity index (χ4n) is 2.29. The molecule has 0 radical (unpaired) electrons. The van der Waals surface area contributed by atoms with Gasteiger partial charge in [0.1, 0.15) is 0 Å². The highest BCUT2D eigenvalue weighted by Crippen LogP contribution is 2.34. The molecule has 0 spiro atoms. The van der Waals surface area contributed by atoms with E-state index in [4.69, 9.17) is 5.73 Å². The minimum Gasteiger partial charge on any atom is -0.372 e. The second kappa shape index (κ2) is 6.28. The zero-order chi connectivity index (χ0) is 14.6. The van der Waals surface area contributed by atoms with Crippen LogP contribution in [0.3, 0.4) is 0 Å². The van der Waals surface area contributed by atoms with Crippen LogP contribution in [0.4, 0.5) is 18.9 Å². The molecule has 0 atom stereocenters. The zero-order valence-corrected chi connectivity index (χ0v) is 11.6. The Morgan fingerprint density at radius 2 is 1.79 bits per heavy atom. The molecular formula is C14H21F3N2. The Morgan fingerprint density at radius 1 is 1.21 bits per heavy atom. The summed E-state index contributed by atoms with van der Waals surface area (Å²) in [6, 6.07) is 4.50. The van der Waals surface area contributed by atoms with Crippen molar-refractivity contribution in [3.63, 3.8) is 0 Å². The Morgan fingerprint density at radius 3 is 2.21 bits per heavy atom. The maximum absolute atomic E-state index is 12.8. The third-order valence-electron chi connectivity index (χ3n) is 3.51. The van der Waals surface area contributed by atoms with Crippen molar-refractivity contribution in [1.82, 2.24) is 0 Å². The largest absolute Gasteiger partial charge is 0.416 e. The molecule has 0 unspecified atom stereocenters. The smallest absolute Gasteiger partial charge is 0.372 e. The van der Waals surface area contributed by atoms with Crippen molar-refractivity contribution in [2.24, 2.45) is 5.73 Å². The number of alkyl halides is 3. The molecule has 0 saturated heterocycles. The van der Waals surface area contributed by atoms with Crippen molar-refractivity contribution in [2.75, 3.05) is 11.9 Å². The van der Waals surface area contributed by atoms with Crippen LogP contribution in [-0.2, 0) is 12.7 Å². The number of nitrogens with two attached hydrogens (primary N) is 1. The van der Waals surface area contributed by atoms with E-state index in [0.29, 0.717) is 6.04 Å². The molecule has 0 bridgehead atoms.